The molecule has 11 heteroatoms. The second kappa shape index (κ2) is 27.9. The van der Waals surface area contributed by atoms with Crippen molar-refractivity contribution in [1.29, 1.82) is 0 Å². The van der Waals surface area contributed by atoms with Crippen molar-refractivity contribution in [1.82, 2.24) is 4.90 Å². The van der Waals surface area contributed by atoms with Gasteiger partial charge in [-0.1, -0.05) is 144 Å². The Labute approximate surface area is 405 Å². The van der Waals surface area contributed by atoms with Crippen molar-refractivity contribution in [2.75, 3.05) is 33.0 Å². The number of carbonyl (C=O) groups is 2. The predicted molar refractivity (Wildman–Crippen MR) is 268 cm³/mol. The highest BCUT2D eigenvalue weighted by atomic mass is 16.7. The van der Waals surface area contributed by atoms with E-state index < -0.39 is 23.8 Å². The summed E-state index contributed by atoms with van der Waals surface area (Å²) in [5.41, 5.74) is 4.13. The van der Waals surface area contributed by atoms with Crippen molar-refractivity contribution in [2.45, 2.75) is 154 Å². The summed E-state index contributed by atoms with van der Waals surface area (Å²) in [4.78, 5) is 34.5. The molecule has 0 aromatic heterocycles. The van der Waals surface area contributed by atoms with Gasteiger partial charge in [-0.25, -0.2) is 4.79 Å². The van der Waals surface area contributed by atoms with Crippen LogP contribution in [0.15, 0.2) is 102 Å². The van der Waals surface area contributed by atoms with Gasteiger partial charge in [-0.3, -0.25) is 9.69 Å². The van der Waals surface area contributed by atoms with Crippen LogP contribution in [0.25, 0.3) is 0 Å². The van der Waals surface area contributed by atoms with Crippen LogP contribution in [0.3, 0.4) is 0 Å². The minimum Gasteiger partial charge on any atom is -0.459 e. The van der Waals surface area contributed by atoms with Crippen LogP contribution in [-0.4, -0.2) is 78.0 Å². The van der Waals surface area contributed by atoms with Crippen molar-refractivity contribution in [3.63, 3.8) is 0 Å². The highest BCUT2D eigenvalue weighted by Gasteiger charge is 2.65. The average Bonchev–Trinajstić information content (AvgIpc) is 3.36. The molecular formula is C57H78N2O9. The second-order valence-corrected chi connectivity index (χ2v) is 18.8. The van der Waals surface area contributed by atoms with Crippen molar-refractivity contribution in [2.24, 2.45) is 22.9 Å². The first-order chi connectivity index (χ1) is 33.4. The minimum absolute atomic E-state index is 0.0464. The number of aldehydes is 1. The van der Waals surface area contributed by atoms with Crippen LogP contribution in [0.1, 0.15) is 157 Å². The lowest BCUT2D eigenvalue weighted by Crippen LogP contribution is -2.70. The summed E-state index contributed by atoms with van der Waals surface area (Å²) >= 11 is 0. The summed E-state index contributed by atoms with van der Waals surface area (Å²) in [5, 5.41) is 25.0. The molecule has 2 N–H and O–H groups in total. The van der Waals surface area contributed by atoms with Gasteiger partial charge < -0.3 is 34.0 Å². The summed E-state index contributed by atoms with van der Waals surface area (Å²) in [7, 11) is 0. The number of oxime groups is 1. The van der Waals surface area contributed by atoms with Gasteiger partial charge in [0.05, 0.1) is 24.8 Å². The van der Waals surface area contributed by atoms with Crippen LogP contribution in [0.4, 0.5) is 4.79 Å². The van der Waals surface area contributed by atoms with Crippen molar-refractivity contribution in [3.8, 4) is 17.2 Å². The summed E-state index contributed by atoms with van der Waals surface area (Å²) in [5.74, 6) is -0.210. The quantitative estimate of drug-likeness (QED) is 0.0280. The largest absolute Gasteiger partial charge is 0.459 e. The maximum atomic E-state index is 14.7. The van der Waals surface area contributed by atoms with Crippen LogP contribution in [0.2, 0.25) is 0 Å². The van der Waals surface area contributed by atoms with E-state index in [0.29, 0.717) is 55.2 Å². The van der Waals surface area contributed by atoms with E-state index in [1.165, 1.54) is 44.9 Å². The molecule has 0 saturated heterocycles. The number of aliphatic hydroxyl groups excluding tert-OH is 2. The SMILES string of the molecule is C=CCOC12Oc3ccc(Oc4cccc(C=O)c4)cc3C3C(CCCCO)C(CCCCO)C=C(C(=NOCc4ccccc4)CC1N(CCC)C(=O)OCCCCCCCCCCCC)C32. The molecule has 0 radical (unpaired) electrons. The van der Waals surface area contributed by atoms with Gasteiger partial charge in [0.2, 0.25) is 5.79 Å². The standard InChI is InChI=1S/C57H78N2O9/c1-4-7-8-9-10-11-12-13-14-22-36-64-56(63)59(32-5-2)53-40-51(58-66-42-43-24-16-15-17-25-43)49-38-45(27-18-20-33-60)48(29-19-21-34-61)54-50-39-47(67-46-28-23-26-44(37-46)41-62)30-31-52(50)68-57(53,55(49)54)65-35-6-3/h6,15-17,23-26,28,30-31,37-39,41,45,48,53-55,60-61H,3-5,7-14,18-22,27,29,32-36,40,42H2,1-2H3. The normalized spacial score (nSPS) is 22.0. The van der Waals surface area contributed by atoms with Crippen molar-refractivity contribution < 1.29 is 43.6 Å². The number of carbonyl (C=O) groups excluding carboxylic acids is 2. The van der Waals surface area contributed by atoms with Gasteiger partial charge in [0.25, 0.3) is 0 Å². The molecule has 1 fully saturated rings. The van der Waals surface area contributed by atoms with Gasteiger partial charge in [-0.15, -0.1) is 6.58 Å². The highest BCUT2D eigenvalue weighted by Crippen LogP contribution is 2.62. The summed E-state index contributed by atoms with van der Waals surface area (Å²) < 4.78 is 27.2. The summed E-state index contributed by atoms with van der Waals surface area (Å²) in [6.07, 6.45) is 21.9. The minimum atomic E-state index is -1.40. The highest BCUT2D eigenvalue weighted by molar-refractivity contribution is 6.03. The number of nitrogens with zero attached hydrogens (tertiary/aromatic N) is 2. The number of ether oxygens (including phenoxy) is 4. The Morgan fingerprint density at radius 1 is 0.838 bits per heavy atom. The van der Waals surface area contributed by atoms with Gasteiger partial charge in [-0.2, -0.15) is 0 Å². The number of hydrogen-bond acceptors (Lipinski definition) is 10. The molecule has 6 rings (SSSR count). The Hall–Kier alpha value is -4.97. The molecule has 0 spiro atoms. The molecule has 3 aromatic carbocycles. The molecule has 1 amide bonds. The molecule has 6 atom stereocenters. The lowest BCUT2D eigenvalue weighted by Gasteiger charge is -2.59. The Morgan fingerprint density at radius 3 is 2.26 bits per heavy atom. The van der Waals surface area contributed by atoms with Gasteiger partial charge in [0, 0.05) is 43.2 Å². The molecule has 2 aliphatic carbocycles. The van der Waals surface area contributed by atoms with E-state index in [2.05, 4.69) is 32.6 Å². The molecule has 1 aliphatic heterocycles. The maximum absolute atomic E-state index is 14.7. The number of aliphatic hydroxyl groups is 2. The predicted octanol–water partition coefficient (Wildman–Crippen LogP) is 12.9. The van der Waals surface area contributed by atoms with Gasteiger partial charge in [-0.05, 0) is 91.8 Å². The van der Waals surface area contributed by atoms with Crippen molar-refractivity contribution in [3.05, 3.63) is 114 Å². The molecular weight excluding hydrogens is 857 g/mol. The number of allylic oxidation sites excluding steroid dienone is 1. The number of fused-ring (bicyclic) bond motifs is 2. The lowest BCUT2D eigenvalue weighted by molar-refractivity contribution is -0.255. The monoisotopic (exact) mass is 935 g/mol. The Balaban J connectivity index is 1.43. The fraction of sp³-hybridized carbons (Fsp3) is 0.561. The number of unbranched alkanes of at least 4 members (excludes halogenated alkanes) is 11. The number of rotatable bonds is 31. The van der Waals surface area contributed by atoms with Gasteiger partial charge >= 0.3 is 6.09 Å². The van der Waals surface area contributed by atoms with Gasteiger partial charge in [0.1, 0.15) is 36.2 Å². The Kier molecular flexibility index (Phi) is 21.5. The third-order valence-corrected chi connectivity index (χ3v) is 13.9. The van der Waals surface area contributed by atoms with E-state index in [9.17, 15) is 19.8 Å². The number of hydrogen-bond donors (Lipinski definition) is 2. The zero-order valence-electron chi connectivity index (χ0n) is 40.9. The van der Waals surface area contributed by atoms with E-state index >= 15 is 0 Å². The summed E-state index contributed by atoms with van der Waals surface area (Å²) in [6, 6.07) is 22.2. The third-order valence-electron chi connectivity index (χ3n) is 13.9. The second-order valence-electron chi connectivity index (χ2n) is 18.8. The molecule has 11 nitrogen and oxygen atoms in total. The third kappa shape index (κ3) is 13.8. The van der Waals surface area contributed by atoms with E-state index in [1.54, 1.807) is 24.3 Å². The van der Waals surface area contributed by atoms with E-state index in [0.717, 1.165) is 73.6 Å². The van der Waals surface area contributed by atoms with Crippen LogP contribution in [0, 0.1) is 17.8 Å². The molecule has 3 aliphatic rings. The molecule has 1 heterocycles. The molecule has 1 saturated carbocycles. The van der Waals surface area contributed by atoms with Gasteiger partial charge in [0.15, 0.2) is 0 Å². The van der Waals surface area contributed by atoms with E-state index in [4.69, 9.17) is 28.9 Å². The van der Waals surface area contributed by atoms with Crippen LogP contribution < -0.4 is 9.47 Å². The van der Waals surface area contributed by atoms with E-state index in [1.807, 2.05) is 53.4 Å². The lowest BCUT2D eigenvalue weighted by atomic mass is 9.55. The molecule has 68 heavy (non-hydrogen) atoms. The van der Waals surface area contributed by atoms with Crippen LogP contribution >= 0.6 is 0 Å². The topological polar surface area (TPSA) is 136 Å². The smallest absolute Gasteiger partial charge is 0.410 e. The fourth-order valence-electron chi connectivity index (χ4n) is 10.7. The van der Waals surface area contributed by atoms with Crippen molar-refractivity contribution >= 4 is 18.1 Å². The average molecular weight is 935 g/mol. The number of amides is 1. The zero-order chi connectivity index (χ0) is 48.0. The van der Waals surface area contributed by atoms with Crippen LogP contribution in [-0.2, 0) is 20.9 Å². The Morgan fingerprint density at radius 2 is 1.56 bits per heavy atom. The first-order valence-electron chi connectivity index (χ1n) is 25.8. The first-order valence-corrected chi connectivity index (χ1v) is 25.8. The molecule has 6 unspecified atom stereocenters. The van der Waals surface area contributed by atoms with E-state index in [-0.39, 0.29) is 50.6 Å². The maximum Gasteiger partial charge on any atom is 0.410 e. The first kappa shape index (κ1) is 52.4. The van der Waals surface area contributed by atoms with Crippen LogP contribution in [0.5, 0.6) is 17.2 Å². The molecule has 370 valence electrons. The Bertz CT molecular complexity index is 2070. The fourth-order valence-corrected chi connectivity index (χ4v) is 10.7. The molecule has 3 aromatic rings. The molecule has 0 bridgehead atoms. The number of benzene rings is 3. The zero-order valence-corrected chi connectivity index (χ0v) is 40.9. The summed E-state index contributed by atoms with van der Waals surface area (Å²) in [6.45, 7) is 9.74.